The summed E-state index contributed by atoms with van der Waals surface area (Å²) in [6.45, 7) is 1.34. The second-order valence-electron chi connectivity index (χ2n) is 8.59. The molecule has 0 aliphatic heterocycles. The van der Waals surface area contributed by atoms with Crippen molar-refractivity contribution in [1.29, 1.82) is 0 Å². The lowest BCUT2D eigenvalue weighted by molar-refractivity contribution is -0.577. The molecule has 0 fully saturated rings. The lowest BCUT2D eigenvalue weighted by atomic mass is 9.90. The van der Waals surface area contributed by atoms with Crippen molar-refractivity contribution in [3.8, 4) is 11.5 Å². The number of rotatable bonds is 7. The number of nitrogens with zero attached hydrogens (tertiary/aromatic N) is 1. The number of allylic oxidation sites excluding steroid dienone is 2. The number of Topliss-reactive ketones (excluding diaryl/α,β-unsaturated/α-hetero) is 2. The summed E-state index contributed by atoms with van der Waals surface area (Å²) < 4.78 is 36.1. The highest BCUT2D eigenvalue weighted by Crippen LogP contribution is 2.27. The molecule has 3 aromatic carbocycles. The zero-order valence-corrected chi connectivity index (χ0v) is 21.4. The zero-order valence-electron chi connectivity index (χ0n) is 20.6. The van der Waals surface area contributed by atoms with Crippen LogP contribution in [0.5, 0.6) is 11.5 Å². The Hall–Kier alpha value is -5.09. The van der Waals surface area contributed by atoms with E-state index >= 15 is 0 Å². The zero-order chi connectivity index (χ0) is 27.6. The van der Waals surface area contributed by atoms with Crippen molar-refractivity contribution in [3.63, 3.8) is 0 Å². The van der Waals surface area contributed by atoms with E-state index in [1.54, 1.807) is 36.4 Å². The molecule has 39 heavy (non-hydrogen) atoms. The number of ether oxygens (including phenoxy) is 1. The largest absolute Gasteiger partial charge is 0.457 e. The molecule has 0 saturated heterocycles. The van der Waals surface area contributed by atoms with Gasteiger partial charge in [-0.05, 0) is 36.4 Å². The standard InChI is InChI=1S/C29H21N3O6S/c1-19(33)30-20-11-13-23(14-12-20)39(36,37)31-26-27(29(35)25-10-6-5-9-24(25)28(26)34)32-17-15-22(16-18-32)38-21-7-3-2-4-8-21/h2-18H,1H3,(H-,30,31,33,35)/p+1. The number of sulfonamides is 1. The summed E-state index contributed by atoms with van der Waals surface area (Å²) in [4.78, 5) is 38.2. The highest BCUT2D eigenvalue weighted by molar-refractivity contribution is 7.89. The summed E-state index contributed by atoms with van der Waals surface area (Å²) in [5, 5.41) is 2.56. The monoisotopic (exact) mass is 540 g/mol. The number of anilines is 1. The van der Waals surface area contributed by atoms with Gasteiger partial charge in [-0.1, -0.05) is 42.5 Å². The molecule has 0 unspecified atom stereocenters. The molecule has 1 heterocycles. The van der Waals surface area contributed by atoms with Crippen LogP contribution in [0.4, 0.5) is 5.69 Å². The van der Waals surface area contributed by atoms with Crippen molar-refractivity contribution >= 4 is 38.9 Å². The first-order valence-corrected chi connectivity index (χ1v) is 13.3. The first-order chi connectivity index (χ1) is 18.7. The molecule has 1 aliphatic rings. The van der Waals surface area contributed by atoms with Crippen LogP contribution in [0.3, 0.4) is 0 Å². The van der Waals surface area contributed by atoms with Crippen molar-refractivity contribution in [1.82, 2.24) is 4.72 Å². The van der Waals surface area contributed by atoms with E-state index in [4.69, 9.17) is 4.74 Å². The summed E-state index contributed by atoms with van der Waals surface area (Å²) >= 11 is 0. The predicted octanol–water partition coefficient (Wildman–Crippen LogP) is 3.95. The fraction of sp³-hybridized carbons (Fsp3) is 0.0345. The SMILES string of the molecule is CC(=O)Nc1ccc(S(=O)(=O)NC2=C([n+]3ccc(Oc4ccccc4)cc3)C(=O)c3ccccc3C2=O)cc1. The quantitative estimate of drug-likeness (QED) is 0.342. The maximum Gasteiger partial charge on any atom is 0.287 e. The van der Waals surface area contributed by atoms with Crippen LogP contribution < -0.4 is 19.3 Å². The second kappa shape index (κ2) is 10.3. The minimum Gasteiger partial charge on any atom is -0.457 e. The summed E-state index contributed by atoms with van der Waals surface area (Å²) in [5.74, 6) is -0.373. The number of benzene rings is 3. The Balaban J connectivity index is 1.54. The number of para-hydroxylation sites is 1. The van der Waals surface area contributed by atoms with Gasteiger partial charge in [-0.2, -0.15) is 4.57 Å². The van der Waals surface area contributed by atoms with E-state index in [2.05, 4.69) is 10.0 Å². The minimum atomic E-state index is -4.29. The molecule has 9 nitrogen and oxygen atoms in total. The topological polar surface area (TPSA) is 123 Å². The van der Waals surface area contributed by atoms with Crippen LogP contribution in [-0.4, -0.2) is 25.9 Å². The molecule has 0 saturated carbocycles. The molecule has 194 valence electrons. The number of aromatic nitrogens is 1. The molecular weight excluding hydrogens is 518 g/mol. The van der Waals surface area contributed by atoms with E-state index in [9.17, 15) is 22.8 Å². The highest BCUT2D eigenvalue weighted by Gasteiger charge is 2.40. The number of pyridine rings is 1. The molecule has 4 aromatic rings. The van der Waals surface area contributed by atoms with Crippen LogP contribution in [0.2, 0.25) is 0 Å². The molecule has 1 aromatic heterocycles. The Labute approximate surface area is 224 Å². The third-order valence-electron chi connectivity index (χ3n) is 5.85. The second-order valence-corrected chi connectivity index (χ2v) is 10.3. The number of nitrogens with one attached hydrogen (secondary N) is 2. The Morgan fingerprint density at radius 1 is 0.744 bits per heavy atom. The van der Waals surface area contributed by atoms with Gasteiger partial charge in [0.1, 0.15) is 11.5 Å². The molecule has 0 bridgehead atoms. The van der Waals surface area contributed by atoms with Gasteiger partial charge in [0.05, 0.1) is 4.90 Å². The minimum absolute atomic E-state index is 0.0922. The number of carbonyl (C=O) groups is 3. The summed E-state index contributed by atoms with van der Waals surface area (Å²) in [5.41, 5.74) is 0.133. The van der Waals surface area contributed by atoms with Crippen LogP contribution >= 0.6 is 0 Å². The molecule has 2 N–H and O–H groups in total. The van der Waals surface area contributed by atoms with Gasteiger partial charge in [0, 0.05) is 35.9 Å². The third kappa shape index (κ3) is 5.32. The lowest BCUT2D eigenvalue weighted by Crippen LogP contribution is -2.44. The molecule has 0 radical (unpaired) electrons. The Bertz CT molecular complexity index is 1730. The van der Waals surface area contributed by atoms with Crippen molar-refractivity contribution in [2.45, 2.75) is 11.8 Å². The maximum atomic E-state index is 13.6. The van der Waals surface area contributed by atoms with Gasteiger partial charge >= 0.3 is 0 Å². The smallest absolute Gasteiger partial charge is 0.287 e. The van der Waals surface area contributed by atoms with Crippen LogP contribution in [-0.2, 0) is 14.8 Å². The number of ketones is 2. The first kappa shape index (κ1) is 25.6. The van der Waals surface area contributed by atoms with E-state index in [1.807, 2.05) is 18.2 Å². The highest BCUT2D eigenvalue weighted by atomic mass is 32.2. The van der Waals surface area contributed by atoms with Crippen LogP contribution in [0.25, 0.3) is 5.70 Å². The van der Waals surface area contributed by atoms with E-state index < -0.39 is 21.6 Å². The van der Waals surface area contributed by atoms with Crippen LogP contribution in [0.1, 0.15) is 27.6 Å². The van der Waals surface area contributed by atoms with Gasteiger partial charge < -0.3 is 10.1 Å². The lowest BCUT2D eigenvalue weighted by Gasteiger charge is -2.18. The molecule has 0 spiro atoms. The summed E-state index contributed by atoms with van der Waals surface area (Å²) in [6, 6.07) is 24.0. The Morgan fingerprint density at radius 3 is 1.92 bits per heavy atom. The van der Waals surface area contributed by atoms with Gasteiger partial charge in [-0.3, -0.25) is 19.1 Å². The average molecular weight is 541 g/mol. The number of amides is 1. The van der Waals surface area contributed by atoms with E-state index in [1.165, 1.54) is 60.3 Å². The van der Waals surface area contributed by atoms with Gasteiger partial charge in [-0.25, -0.2) is 8.42 Å². The summed E-state index contributed by atoms with van der Waals surface area (Å²) in [6.07, 6.45) is 3.03. The maximum absolute atomic E-state index is 13.6. The van der Waals surface area contributed by atoms with Gasteiger partial charge in [-0.15, -0.1) is 0 Å². The third-order valence-corrected chi connectivity index (χ3v) is 7.22. The molecule has 0 atom stereocenters. The van der Waals surface area contributed by atoms with Gasteiger partial charge in [0.15, 0.2) is 18.1 Å². The number of carbonyl (C=O) groups excluding carboxylic acids is 3. The molecule has 1 aliphatic carbocycles. The average Bonchev–Trinajstić information content (AvgIpc) is 2.93. The number of fused-ring (bicyclic) bond motifs is 1. The van der Waals surface area contributed by atoms with Crippen molar-refractivity contribution in [2.24, 2.45) is 0 Å². The van der Waals surface area contributed by atoms with E-state index in [0.29, 0.717) is 17.2 Å². The number of hydrogen-bond donors (Lipinski definition) is 2. The van der Waals surface area contributed by atoms with Crippen LogP contribution in [0, 0.1) is 0 Å². The first-order valence-electron chi connectivity index (χ1n) is 11.8. The Kier molecular flexibility index (Phi) is 6.78. The van der Waals surface area contributed by atoms with Crippen molar-refractivity contribution < 1.29 is 32.1 Å². The van der Waals surface area contributed by atoms with Gasteiger partial charge in [0.25, 0.3) is 21.5 Å². The molecule has 5 rings (SSSR count). The normalized spacial score (nSPS) is 13.1. The predicted molar refractivity (Wildman–Crippen MR) is 143 cm³/mol. The fourth-order valence-electron chi connectivity index (χ4n) is 4.07. The van der Waals surface area contributed by atoms with Crippen molar-refractivity contribution in [3.05, 3.63) is 120 Å². The molecular formula is C29H22N3O6S+. The Morgan fingerprint density at radius 2 is 1.31 bits per heavy atom. The summed E-state index contributed by atoms with van der Waals surface area (Å²) in [7, 11) is -4.29. The molecule has 1 amide bonds. The van der Waals surface area contributed by atoms with Gasteiger partial charge in [0.2, 0.25) is 11.7 Å². The van der Waals surface area contributed by atoms with Crippen LogP contribution in [0.15, 0.2) is 114 Å². The van der Waals surface area contributed by atoms with E-state index in [-0.39, 0.29) is 33.3 Å². The number of hydrogen-bond acceptors (Lipinski definition) is 6. The fourth-order valence-corrected chi connectivity index (χ4v) is 5.14. The molecule has 10 heteroatoms. The van der Waals surface area contributed by atoms with Crippen molar-refractivity contribution in [2.75, 3.05) is 5.32 Å². The van der Waals surface area contributed by atoms with E-state index in [0.717, 1.165) is 0 Å².